The summed E-state index contributed by atoms with van der Waals surface area (Å²) in [6, 6.07) is 17.9. The molecule has 38 heavy (non-hydrogen) atoms. The van der Waals surface area contributed by atoms with Crippen LogP contribution in [-0.2, 0) is 0 Å². The molecule has 4 aromatic carbocycles. The minimum atomic E-state index is -0.324. The average molecular weight is 508 g/mol. The molecule has 0 fully saturated rings. The number of methoxy groups -OCH3 is 2. The number of rotatable bonds is 2. The highest BCUT2D eigenvalue weighted by molar-refractivity contribution is 6.29. The van der Waals surface area contributed by atoms with Gasteiger partial charge in [0.1, 0.15) is 23.0 Å². The summed E-state index contributed by atoms with van der Waals surface area (Å²) in [6.45, 7) is 0. The van der Waals surface area contributed by atoms with Crippen LogP contribution in [0.5, 0.6) is 23.0 Å². The number of hydrogen-bond donors (Lipinski definition) is 2. The molecule has 0 spiro atoms. The molecule has 0 saturated carbocycles. The van der Waals surface area contributed by atoms with E-state index in [9.17, 15) is 29.4 Å². The maximum atomic E-state index is 12.5. The summed E-state index contributed by atoms with van der Waals surface area (Å²) in [7, 11) is 3.05. The van der Waals surface area contributed by atoms with Crippen LogP contribution in [0, 0.1) is 0 Å². The first-order valence-corrected chi connectivity index (χ1v) is 11.4. The Balaban J connectivity index is 0.000000156. The Labute approximate surface area is 216 Å². The molecule has 0 saturated heterocycles. The molecule has 0 atom stereocenters. The summed E-state index contributed by atoms with van der Waals surface area (Å²) < 4.78 is 10.2. The lowest BCUT2D eigenvalue weighted by Crippen LogP contribution is -2.20. The number of phenols is 2. The number of carbonyl (C=O) groups excluding carboxylic acids is 4. The van der Waals surface area contributed by atoms with Gasteiger partial charge in [0.15, 0.2) is 23.1 Å². The maximum absolute atomic E-state index is 12.5. The van der Waals surface area contributed by atoms with Gasteiger partial charge < -0.3 is 19.7 Å². The molecule has 8 nitrogen and oxygen atoms in total. The second-order valence-corrected chi connectivity index (χ2v) is 8.60. The third kappa shape index (κ3) is 3.98. The first-order valence-electron chi connectivity index (χ1n) is 11.4. The number of phenolic OH excluding ortho intramolecular Hbond substituents is 2. The molecule has 188 valence electrons. The molecule has 6 rings (SSSR count). The van der Waals surface area contributed by atoms with Crippen LogP contribution in [0.3, 0.4) is 0 Å². The molecule has 4 aromatic rings. The normalized spacial score (nSPS) is 12.9. The smallest absolute Gasteiger partial charge is 0.194 e. The number of hydrogen-bond acceptors (Lipinski definition) is 8. The van der Waals surface area contributed by atoms with Crippen molar-refractivity contribution in [2.75, 3.05) is 14.2 Å². The summed E-state index contributed by atoms with van der Waals surface area (Å²) in [5, 5.41) is 18.8. The number of fused-ring (bicyclic) bond motifs is 4. The Morgan fingerprint density at radius 3 is 1.03 bits per heavy atom. The quantitative estimate of drug-likeness (QED) is 0.353. The summed E-state index contributed by atoms with van der Waals surface area (Å²) in [5.74, 6) is 0.0105. The predicted molar refractivity (Wildman–Crippen MR) is 136 cm³/mol. The van der Waals surface area contributed by atoms with Gasteiger partial charge in [-0.25, -0.2) is 0 Å². The summed E-state index contributed by atoms with van der Waals surface area (Å²) in [6.07, 6.45) is 0. The van der Waals surface area contributed by atoms with Gasteiger partial charge in [-0.3, -0.25) is 19.2 Å². The molecule has 0 bridgehead atoms. The highest BCUT2D eigenvalue weighted by Crippen LogP contribution is 2.32. The van der Waals surface area contributed by atoms with Gasteiger partial charge in [0.2, 0.25) is 0 Å². The molecule has 0 aliphatic heterocycles. The third-order valence-corrected chi connectivity index (χ3v) is 6.42. The van der Waals surface area contributed by atoms with Gasteiger partial charge in [-0.1, -0.05) is 0 Å². The second kappa shape index (κ2) is 9.33. The van der Waals surface area contributed by atoms with Crippen LogP contribution in [-0.4, -0.2) is 47.6 Å². The van der Waals surface area contributed by atoms with Crippen LogP contribution >= 0.6 is 0 Å². The zero-order chi connectivity index (χ0) is 27.1. The Bertz CT molecular complexity index is 1560. The molecular formula is C30H20O8. The highest BCUT2D eigenvalue weighted by atomic mass is 16.5. The molecule has 0 amide bonds. The molecule has 0 aromatic heterocycles. The van der Waals surface area contributed by atoms with Crippen molar-refractivity contribution in [3.63, 3.8) is 0 Å². The molecule has 2 aliphatic carbocycles. The average Bonchev–Trinajstić information content (AvgIpc) is 2.94. The van der Waals surface area contributed by atoms with E-state index >= 15 is 0 Å². The van der Waals surface area contributed by atoms with E-state index in [1.54, 1.807) is 36.4 Å². The number of aromatic hydroxyl groups is 2. The first-order chi connectivity index (χ1) is 18.2. The molecule has 2 aliphatic rings. The minimum Gasteiger partial charge on any atom is -0.508 e. The Hall–Kier alpha value is -5.24. The van der Waals surface area contributed by atoms with Crippen molar-refractivity contribution in [1.82, 2.24) is 0 Å². The standard InChI is InChI=1S/C16H12O4.C14H8O4/c1-19-9-3-5-11-13(7-9)15(17)12-6-4-10(20-2)8-14(12)16(11)18;15-7-1-3-9-11(5-7)14(18)10-4-2-8(16)6-12(10)13(9)17/h3-8H,1-2H3;1-6,15-16H. The lowest BCUT2D eigenvalue weighted by molar-refractivity contribution is 0.0978. The van der Waals surface area contributed by atoms with Crippen molar-refractivity contribution >= 4 is 23.1 Å². The fourth-order valence-corrected chi connectivity index (χ4v) is 4.49. The maximum Gasteiger partial charge on any atom is 0.194 e. The van der Waals surface area contributed by atoms with Crippen molar-refractivity contribution < 1.29 is 38.9 Å². The second-order valence-electron chi connectivity index (χ2n) is 8.60. The molecular weight excluding hydrogens is 488 g/mol. The number of ether oxygens (including phenoxy) is 2. The SMILES string of the molecule is COc1ccc2c(c1)C(=O)c1ccc(OC)cc1C2=O.O=C1c2ccc(O)cc2C(=O)c2ccc(O)cc21. The third-order valence-electron chi connectivity index (χ3n) is 6.42. The van der Waals surface area contributed by atoms with Crippen LogP contribution < -0.4 is 9.47 Å². The largest absolute Gasteiger partial charge is 0.508 e. The van der Waals surface area contributed by atoms with E-state index in [0.717, 1.165) is 0 Å². The van der Waals surface area contributed by atoms with E-state index in [0.29, 0.717) is 33.8 Å². The Kier molecular flexibility index (Phi) is 6.00. The predicted octanol–water partition coefficient (Wildman–Crippen LogP) is 4.35. The number of ketones is 4. The van der Waals surface area contributed by atoms with Crippen molar-refractivity contribution in [3.05, 3.63) is 117 Å². The molecule has 0 radical (unpaired) electrons. The van der Waals surface area contributed by atoms with Gasteiger partial charge in [-0.05, 0) is 72.8 Å². The molecule has 2 N–H and O–H groups in total. The van der Waals surface area contributed by atoms with Gasteiger partial charge in [0.25, 0.3) is 0 Å². The van der Waals surface area contributed by atoms with E-state index in [1.165, 1.54) is 50.6 Å². The van der Waals surface area contributed by atoms with Crippen LogP contribution in [0.4, 0.5) is 0 Å². The summed E-state index contributed by atoms with van der Waals surface area (Å²) in [5.41, 5.74) is 2.44. The fraction of sp³-hybridized carbons (Fsp3) is 0.0667. The van der Waals surface area contributed by atoms with Crippen molar-refractivity contribution in [2.24, 2.45) is 0 Å². The van der Waals surface area contributed by atoms with E-state index in [-0.39, 0.29) is 56.9 Å². The molecule has 0 heterocycles. The molecule has 8 heteroatoms. The van der Waals surface area contributed by atoms with Gasteiger partial charge in [-0.15, -0.1) is 0 Å². The topological polar surface area (TPSA) is 127 Å². The van der Waals surface area contributed by atoms with Crippen molar-refractivity contribution in [2.45, 2.75) is 0 Å². The minimum absolute atomic E-state index is 0.0582. The lowest BCUT2D eigenvalue weighted by atomic mass is 9.84. The number of carbonyl (C=O) groups is 4. The van der Waals surface area contributed by atoms with Gasteiger partial charge in [0, 0.05) is 44.5 Å². The van der Waals surface area contributed by atoms with Gasteiger partial charge in [0.05, 0.1) is 14.2 Å². The summed E-state index contributed by atoms with van der Waals surface area (Å²) in [4.78, 5) is 49.3. The lowest BCUT2D eigenvalue weighted by Gasteiger charge is -2.18. The first kappa shape index (κ1) is 24.5. The Morgan fingerprint density at radius 2 is 0.711 bits per heavy atom. The van der Waals surface area contributed by atoms with Crippen LogP contribution in [0.15, 0.2) is 72.8 Å². The number of benzene rings is 4. The van der Waals surface area contributed by atoms with Crippen LogP contribution in [0.1, 0.15) is 63.7 Å². The van der Waals surface area contributed by atoms with Crippen LogP contribution in [0.25, 0.3) is 0 Å². The fourth-order valence-electron chi connectivity index (χ4n) is 4.49. The van der Waals surface area contributed by atoms with E-state index < -0.39 is 0 Å². The van der Waals surface area contributed by atoms with Crippen molar-refractivity contribution in [3.8, 4) is 23.0 Å². The van der Waals surface area contributed by atoms with E-state index in [1.807, 2.05) is 0 Å². The van der Waals surface area contributed by atoms with E-state index in [4.69, 9.17) is 9.47 Å². The zero-order valence-corrected chi connectivity index (χ0v) is 20.3. The highest BCUT2D eigenvalue weighted by Gasteiger charge is 2.31. The van der Waals surface area contributed by atoms with Gasteiger partial charge in [-0.2, -0.15) is 0 Å². The van der Waals surface area contributed by atoms with Crippen LogP contribution in [0.2, 0.25) is 0 Å². The van der Waals surface area contributed by atoms with Gasteiger partial charge >= 0.3 is 0 Å². The van der Waals surface area contributed by atoms with E-state index in [2.05, 4.69) is 0 Å². The Morgan fingerprint density at radius 1 is 0.421 bits per heavy atom. The molecule has 0 unspecified atom stereocenters. The monoisotopic (exact) mass is 508 g/mol. The zero-order valence-electron chi connectivity index (χ0n) is 20.3. The summed E-state index contributed by atoms with van der Waals surface area (Å²) >= 11 is 0. The van der Waals surface area contributed by atoms with Crippen molar-refractivity contribution in [1.29, 1.82) is 0 Å².